The lowest BCUT2D eigenvalue weighted by Gasteiger charge is -2.43. The van der Waals surface area contributed by atoms with Crippen molar-refractivity contribution in [2.45, 2.75) is 44.9 Å². The van der Waals surface area contributed by atoms with E-state index in [1.54, 1.807) is 21.3 Å². The summed E-state index contributed by atoms with van der Waals surface area (Å²) in [5.74, 6) is 0. The molecule has 0 aliphatic carbocycles. The second kappa shape index (κ2) is 9.59. The van der Waals surface area contributed by atoms with E-state index in [0.717, 1.165) is 12.6 Å². The summed E-state index contributed by atoms with van der Waals surface area (Å²) in [5.41, 5.74) is 1.32. The number of benzene rings is 1. The van der Waals surface area contributed by atoms with Gasteiger partial charge < -0.3 is 17.8 Å². The minimum absolute atomic E-state index is 0.806. The van der Waals surface area contributed by atoms with Gasteiger partial charge in [-0.3, -0.25) is 0 Å². The fourth-order valence-corrected chi connectivity index (χ4v) is 9.14. The second-order valence-corrected chi connectivity index (χ2v) is 14.0. The van der Waals surface area contributed by atoms with E-state index < -0.39 is 17.0 Å². The number of hydrogen-bond acceptors (Lipinski definition) is 4. The Balaban J connectivity index is 3.11. The van der Waals surface area contributed by atoms with Crippen LogP contribution in [-0.4, -0.2) is 44.9 Å². The molecule has 0 aliphatic heterocycles. The van der Waals surface area contributed by atoms with Crippen LogP contribution in [0.15, 0.2) is 30.3 Å². The van der Waals surface area contributed by atoms with Gasteiger partial charge in [0.2, 0.25) is 0 Å². The van der Waals surface area contributed by atoms with Crippen molar-refractivity contribution in [3.8, 4) is 0 Å². The van der Waals surface area contributed by atoms with Gasteiger partial charge in [-0.25, -0.2) is 0 Å². The normalized spacial score (nSPS) is 12.4. The van der Waals surface area contributed by atoms with E-state index in [1.807, 2.05) is 0 Å². The van der Waals surface area contributed by atoms with Crippen molar-refractivity contribution in [2.75, 3.05) is 32.4 Å². The Morgan fingerprint density at radius 1 is 0.826 bits per heavy atom. The summed E-state index contributed by atoms with van der Waals surface area (Å²) in [6.45, 7) is 7.93. The molecule has 0 amide bonds. The van der Waals surface area contributed by atoms with E-state index in [2.05, 4.69) is 55.7 Å². The van der Waals surface area contributed by atoms with Crippen molar-refractivity contribution in [3.63, 3.8) is 0 Å². The highest BCUT2D eigenvalue weighted by molar-refractivity contribution is 6.83. The van der Waals surface area contributed by atoms with Crippen LogP contribution < -0.4 is 4.57 Å². The SMILES string of the molecule is CC[Si](CC)(CC)N(CC[Si](OC)(OC)OC)c1ccccc1. The van der Waals surface area contributed by atoms with Gasteiger partial charge >= 0.3 is 8.80 Å². The van der Waals surface area contributed by atoms with Crippen molar-refractivity contribution >= 4 is 22.7 Å². The molecule has 0 saturated carbocycles. The molecule has 1 aromatic carbocycles. The van der Waals surface area contributed by atoms with Crippen LogP contribution in [0, 0.1) is 0 Å². The summed E-state index contributed by atoms with van der Waals surface area (Å²) in [6.07, 6.45) is 0. The molecule has 132 valence electrons. The summed E-state index contributed by atoms with van der Waals surface area (Å²) < 4.78 is 19.5. The molecule has 0 bridgehead atoms. The standard InChI is InChI=1S/C17H33NO3Si2/c1-7-22(8-2,9-3)18(17-13-11-10-12-14-17)15-16-23(19-4,20-5)21-6/h10-14H,7-9,15-16H2,1-6H3. The van der Waals surface area contributed by atoms with Gasteiger partial charge in [0.05, 0.1) is 0 Å². The van der Waals surface area contributed by atoms with Gasteiger partial charge in [0, 0.05) is 39.6 Å². The Morgan fingerprint density at radius 3 is 1.70 bits per heavy atom. The zero-order valence-corrected chi connectivity index (χ0v) is 17.6. The zero-order valence-electron chi connectivity index (χ0n) is 15.6. The zero-order chi connectivity index (χ0) is 17.3. The van der Waals surface area contributed by atoms with Crippen LogP contribution in [0.3, 0.4) is 0 Å². The van der Waals surface area contributed by atoms with Gasteiger partial charge in [0.25, 0.3) is 0 Å². The van der Waals surface area contributed by atoms with Gasteiger partial charge in [0.1, 0.15) is 0 Å². The molecule has 0 N–H and O–H groups in total. The molecule has 0 radical (unpaired) electrons. The van der Waals surface area contributed by atoms with Crippen LogP contribution in [0.1, 0.15) is 20.8 Å². The van der Waals surface area contributed by atoms with Gasteiger partial charge in [0.15, 0.2) is 8.24 Å². The van der Waals surface area contributed by atoms with E-state index in [9.17, 15) is 0 Å². The Kier molecular flexibility index (Phi) is 8.49. The number of hydrogen-bond donors (Lipinski definition) is 0. The van der Waals surface area contributed by atoms with Crippen molar-refractivity contribution in [3.05, 3.63) is 30.3 Å². The second-order valence-electron chi connectivity index (χ2n) is 5.82. The third kappa shape index (κ3) is 4.67. The largest absolute Gasteiger partial charge is 0.501 e. The third-order valence-electron chi connectivity index (χ3n) is 5.19. The van der Waals surface area contributed by atoms with Gasteiger partial charge in [-0.15, -0.1) is 0 Å². The van der Waals surface area contributed by atoms with Crippen LogP contribution in [-0.2, 0) is 13.3 Å². The van der Waals surface area contributed by atoms with E-state index in [0.29, 0.717) is 0 Å². The molecule has 23 heavy (non-hydrogen) atoms. The first kappa shape index (κ1) is 20.4. The molecule has 6 heteroatoms. The molecule has 4 nitrogen and oxygen atoms in total. The number of para-hydroxylation sites is 1. The average molecular weight is 356 g/mol. The lowest BCUT2D eigenvalue weighted by Crippen LogP contribution is -2.55. The van der Waals surface area contributed by atoms with Crippen LogP contribution in [0.5, 0.6) is 0 Å². The minimum Gasteiger partial charge on any atom is -0.397 e. The summed E-state index contributed by atoms with van der Waals surface area (Å²) >= 11 is 0. The maximum absolute atomic E-state index is 5.62. The predicted octanol–water partition coefficient (Wildman–Crippen LogP) is 4.38. The molecule has 0 unspecified atom stereocenters. The van der Waals surface area contributed by atoms with E-state index >= 15 is 0 Å². The van der Waals surface area contributed by atoms with Crippen LogP contribution in [0.25, 0.3) is 0 Å². The fraction of sp³-hybridized carbons (Fsp3) is 0.647. The first-order valence-electron chi connectivity index (χ1n) is 8.55. The Hall–Kier alpha value is -0.666. The summed E-state index contributed by atoms with van der Waals surface area (Å²) in [6, 6.07) is 15.3. The summed E-state index contributed by atoms with van der Waals surface area (Å²) in [7, 11) is 0.986. The first-order chi connectivity index (χ1) is 11.1. The van der Waals surface area contributed by atoms with Crippen LogP contribution in [0.4, 0.5) is 5.69 Å². The molecular weight excluding hydrogens is 322 g/mol. The molecule has 0 heterocycles. The van der Waals surface area contributed by atoms with E-state index in [1.165, 1.54) is 23.8 Å². The highest BCUT2D eigenvalue weighted by atomic mass is 28.4. The minimum atomic E-state index is -2.55. The van der Waals surface area contributed by atoms with Crippen LogP contribution in [0.2, 0.25) is 24.2 Å². The Labute approximate surface area is 144 Å². The van der Waals surface area contributed by atoms with E-state index in [-0.39, 0.29) is 0 Å². The highest BCUT2D eigenvalue weighted by Gasteiger charge is 2.41. The monoisotopic (exact) mass is 355 g/mol. The van der Waals surface area contributed by atoms with Crippen molar-refractivity contribution in [1.29, 1.82) is 0 Å². The molecule has 1 rings (SSSR count). The molecule has 0 fully saturated rings. The lowest BCUT2D eigenvalue weighted by atomic mass is 10.3. The Bertz CT molecular complexity index is 420. The highest BCUT2D eigenvalue weighted by Crippen LogP contribution is 2.31. The van der Waals surface area contributed by atoms with Gasteiger partial charge in [-0.2, -0.15) is 0 Å². The molecule has 0 aliphatic rings. The average Bonchev–Trinajstić information content (AvgIpc) is 2.63. The van der Waals surface area contributed by atoms with Crippen molar-refractivity contribution in [2.24, 2.45) is 0 Å². The first-order valence-corrected chi connectivity index (χ1v) is 13.0. The molecule has 0 spiro atoms. The van der Waals surface area contributed by atoms with Gasteiger partial charge in [-0.1, -0.05) is 39.0 Å². The molecule has 0 atom stereocenters. The third-order valence-corrected chi connectivity index (χ3v) is 13.5. The van der Waals surface area contributed by atoms with E-state index in [4.69, 9.17) is 13.3 Å². The number of anilines is 1. The summed E-state index contributed by atoms with van der Waals surface area (Å²) in [4.78, 5) is 0. The topological polar surface area (TPSA) is 30.9 Å². The summed E-state index contributed by atoms with van der Waals surface area (Å²) in [5, 5.41) is 0. The molecule has 0 saturated heterocycles. The van der Waals surface area contributed by atoms with Crippen LogP contribution >= 0.6 is 0 Å². The maximum atomic E-state index is 5.62. The number of nitrogens with zero attached hydrogens (tertiary/aromatic N) is 1. The van der Waals surface area contributed by atoms with Gasteiger partial charge in [-0.05, 0) is 30.3 Å². The maximum Gasteiger partial charge on any atom is 0.501 e. The molecule has 0 aromatic heterocycles. The molecule has 1 aromatic rings. The van der Waals surface area contributed by atoms with Crippen molar-refractivity contribution in [1.82, 2.24) is 0 Å². The molecular formula is C17H33NO3Si2. The smallest absolute Gasteiger partial charge is 0.397 e. The fourth-order valence-electron chi connectivity index (χ4n) is 3.38. The Morgan fingerprint density at radius 2 is 1.30 bits per heavy atom. The lowest BCUT2D eigenvalue weighted by molar-refractivity contribution is 0.124. The predicted molar refractivity (Wildman–Crippen MR) is 103 cm³/mol. The number of rotatable bonds is 11. The van der Waals surface area contributed by atoms with Crippen molar-refractivity contribution < 1.29 is 13.3 Å². The quantitative estimate of drug-likeness (QED) is 0.551.